The Morgan fingerprint density at radius 2 is 0.656 bits per heavy atom. The van der Waals surface area contributed by atoms with Crippen molar-refractivity contribution in [3.63, 3.8) is 0 Å². The van der Waals surface area contributed by atoms with Gasteiger partial charge in [0.25, 0.3) is 0 Å². The van der Waals surface area contributed by atoms with Gasteiger partial charge in [-0.05, 0) is 77.1 Å². The Kier molecular flexibility index (Phi) is 3.65. The molecule has 0 amide bonds. The molecule has 0 aliphatic rings. The summed E-state index contributed by atoms with van der Waals surface area (Å²) in [6.45, 7) is 0. The molecule has 0 bridgehead atoms. The third kappa shape index (κ3) is 2.50. The van der Waals surface area contributed by atoms with Crippen molar-refractivity contribution in [2.45, 2.75) is 0 Å². The molecule has 32 heavy (non-hydrogen) atoms. The Morgan fingerprint density at radius 1 is 0.250 bits per heavy atom. The molecular formula is C32H20. The first-order chi connectivity index (χ1) is 15.9. The topological polar surface area (TPSA) is 0 Å². The van der Waals surface area contributed by atoms with Gasteiger partial charge in [0.1, 0.15) is 0 Å². The van der Waals surface area contributed by atoms with Gasteiger partial charge in [0.15, 0.2) is 0 Å². The Bertz CT molecular complexity index is 1790. The van der Waals surface area contributed by atoms with Crippen molar-refractivity contribution in [1.29, 1.82) is 0 Å². The van der Waals surface area contributed by atoms with Gasteiger partial charge in [-0.2, -0.15) is 0 Å². The van der Waals surface area contributed by atoms with E-state index in [1.165, 1.54) is 65.0 Å². The summed E-state index contributed by atoms with van der Waals surface area (Å²) in [5.41, 5.74) is 2.51. The molecule has 7 aromatic carbocycles. The van der Waals surface area contributed by atoms with Gasteiger partial charge in [-0.25, -0.2) is 0 Å². The number of hydrogen-bond acceptors (Lipinski definition) is 0. The van der Waals surface area contributed by atoms with Gasteiger partial charge in [-0.1, -0.05) is 109 Å². The summed E-state index contributed by atoms with van der Waals surface area (Å²) in [4.78, 5) is 0. The summed E-state index contributed by atoms with van der Waals surface area (Å²) in [6, 6.07) is 44.4. The Hall–Kier alpha value is -4.16. The van der Waals surface area contributed by atoms with E-state index in [9.17, 15) is 0 Å². The highest BCUT2D eigenvalue weighted by molar-refractivity contribution is 6.25. The van der Waals surface area contributed by atoms with Crippen LogP contribution < -0.4 is 0 Å². The van der Waals surface area contributed by atoms with Crippen molar-refractivity contribution in [3.8, 4) is 11.1 Å². The lowest BCUT2D eigenvalue weighted by Gasteiger charge is -2.12. The third-order valence-electron chi connectivity index (χ3n) is 6.82. The normalized spacial score (nSPS) is 11.8. The molecule has 148 valence electrons. The van der Waals surface area contributed by atoms with Crippen LogP contribution in [0.15, 0.2) is 121 Å². The molecule has 0 atom stereocenters. The van der Waals surface area contributed by atoms with Crippen LogP contribution in [0, 0.1) is 0 Å². The molecule has 0 heterocycles. The molecule has 0 fully saturated rings. The molecule has 0 N–H and O–H groups in total. The van der Waals surface area contributed by atoms with Crippen molar-refractivity contribution in [3.05, 3.63) is 121 Å². The summed E-state index contributed by atoms with van der Waals surface area (Å²) in [5, 5.41) is 13.1. The average molecular weight is 405 g/mol. The zero-order valence-electron chi connectivity index (χ0n) is 17.5. The molecule has 0 spiro atoms. The second-order valence-corrected chi connectivity index (χ2v) is 8.57. The minimum Gasteiger partial charge on any atom is -0.0616 e. The second-order valence-electron chi connectivity index (χ2n) is 8.57. The van der Waals surface area contributed by atoms with E-state index in [1.807, 2.05) is 0 Å². The van der Waals surface area contributed by atoms with Gasteiger partial charge in [0.05, 0.1) is 0 Å². The minimum atomic E-state index is 1.26. The van der Waals surface area contributed by atoms with Gasteiger partial charge in [0.2, 0.25) is 0 Å². The van der Waals surface area contributed by atoms with Crippen LogP contribution in [0.4, 0.5) is 0 Å². The number of fused-ring (bicyclic) bond motifs is 9. The fourth-order valence-electron chi connectivity index (χ4n) is 5.27. The Labute approximate surface area is 186 Å². The summed E-state index contributed by atoms with van der Waals surface area (Å²) in [6.07, 6.45) is 0. The largest absolute Gasteiger partial charge is 0.0616 e. The van der Waals surface area contributed by atoms with Crippen LogP contribution in [0.2, 0.25) is 0 Å². The molecule has 0 saturated heterocycles. The van der Waals surface area contributed by atoms with E-state index in [2.05, 4.69) is 121 Å². The maximum Gasteiger partial charge on any atom is -0.00928 e. The number of rotatable bonds is 1. The van der Waals surface area contributed by atoms with E-state index in [0.29, 0.717) is 0 Å². The molecule has 0 aliphatic carbocycles. The quantitative estimate of drug-likeness (QED) is 0.239. The SMILES string of the molecule is c1ccc2c(c1)ccc1ccc(-c3ccc4c5ccccc5c5ccccc5c4c3)cc12. The second kappa shape index (κ2) is 6.67. The van der Waals surface area contributed by atoms with Crippen molar-refractivity contribution in [1.82, 2.24) is 0 Å². The molecule has 0 saturated carbocycles. The van der Waals surface area contributed by atoms with Crippen LogP contribution in [0.1, 0.15) is 0 Å². The smallest absolute Gasteiger partial charge is 0.00928 e. The van der Waals surface area contributed by atoms with Crippen LogP contribution in [0.25, 0.3) is 65.0 Å². The fraction of sp³-hybridized carbons (Fsp3) is 0. The van der Waals surface area contributed by atoms with Crippen molar-refractivity contribution < 1.29 is 0 Å². The van der Waals surface area contributed by atoms with Gasteiger partial charge < -0.3 is 0 Å². The first kappa shape index (κ1) is 17.5. The molecule has 0 aromatic heterocycles. The average Bonchev–Trinajstić information content (AvgIpc) is 2.88. The summed E-state index contributed by atoms with van der Waals surface area (Å²) >= 11 is 0. The third-order valence-corrected chi connectivity index (χ3v) is 6.82. The fourth-order valence-corrected chi connectivity index (χ4v) is 5.27. The van der Waals surface area contributed by atoms with E-state index >= 15 is 0 Å². The molecular weight excluding hydrogens is 384 g/mol. The van der Waals surface area contributed by atoms with Crippen LogP contribution in [0.5, 0.6) is 0 Å². The van der Waals surface area contributed by atoms with Gasteiger partial charge in [-0.15, -0.1) is 0 Å². The van der Waals surface area contributed by atoms with Crippen LogP contribution in [0.3, 0.4) is 0 Å². The summed E-state index contributed by atoms with van der Waals surface area (Å²) < 4.78 is 0. The number of hydrogen-bond donors (Lipinski definition) is 0. The monoisotopic (exact) mass is 404 g/mol. The van der Waals surface area contributed by atoms with Crippen LogP contribution in [-0.4, -0.2) is 0 Å². The van der Waals surface area contributed by atoms with Crippen molar-refractivity contribution in [2.75, 3.05) is 0 Å². The van der Waals surface area contributed by atoms with E-state index in [-0.39, 0.29) is 0 Å². The highest BCUT2D eigenvalue weighted by Crippen LogP contribution is 2.38. The first-order valence-corrected chi connectivity index (χ1v) is 11.1. The highest BCUT2D eigenvalue weighted by Gasteiger charge is 2.10. The predicted octanol–water partition coefficient (Wildman–Crippen LogP) is 9.12. The lowest BCUT2D eigenvalue weighted by Crippen LogP contribution is -1.85. The first-order valence-electron chi connectivity index (χ1n) is 11.1. The van der Waals surface area contributed by atoms with Gasteiger partial charge in [0, 0.05) is 0 Å². The van der Waals surface area contributed by atoms with Gasteiger partial charge >= 0.3 is 0 Å². The van der Waals surface area contributed by atoms with E-state index in [4.69, 9.17) is 0 Å². The molecule has 0 heteroatoms. The zero-order valence-corrected chi connectivity index (χ0v) is 17.5. The maximum atomic E-state index is 2.37. The van der Waals surface area contributed by atoms with Crippen LogP contribution in [-0.2, 0) is 0 Å². The molecule has 7 rings (SSSR count). The predicted molar refractivity (Wildman–Crippen MR) is 139 cm³/mol. The molecule has 7 aromatic rings. The standard InChI is InChI=1S/C32H20/c1-2-8-25-21(7-1)13-14-22-15-16-23(19-31(22)25)24-17-18-30-28-11-4-3-9-26(28)27-10-5-6-12-29(27)32(30)20-24/h1-20H. The summed E-state index contributed by atoms with van der Waals surface area (Å²) in [5.74, 6) is 0. The molecule has 0 aliphatic heterocycles. The van der Waals surface area contributed by atoms with E-state index < -0.39 is 0 Å². The van der Waals surface area contributed by atoms with E-state index in [0.717, 1.165) is 0 Å². The lowest BCUT2D eigenvalue weighted by molar-refractivity contribution is 1.69. The molecule has 0 unspecified atom stereocenters. The van der Waals surface area contributed by atoms with Crippen LogP contribution >= 0.6 is 0 Å². The zero-order chi connectivity index (χ0) is 21.1. The highest BCUT2D eigenvalue weighted by atomic mass is 14.1. The number of benzene rings is 7. The lowest BCUT2D eigenvalue weighted by atomic mass is 9.91. The minimum absolute atomic E-state index is 1.26. The maximum absolute atomic E-state index is 2.37. The Morgan fingerprint density at radius 3 is 1.31 bits per heavy atom. The molecule has 0 nitrogen and oxygen atoms in total. The van der Waals surface area contributed by atoms with Crippen molar-refractivity contribution in [2.24, 2.45) is 0 Å². The van der Waals surface area contributed by atoms with Gasteiger partial charge in [-0.3, -0.25) is 0 Å². The molecule has 0 radical (unpaired) electrons. The Balaban J connectivity index is 1.54. The summed E-state index contributed by atoms with van der Waals surface area (Å²) in [7, 11) is 0. The van der Waals surface area contributed by atoms with Crippen molar-refractivity contribution >= 4 is 53.9 Å². The van der Waals surface area contributed by atoms with E-state index in [1.54, 1.807) is 0 Å².